The Labute approximate surface area is 169 Å². The Morgan fingerprint density at radius 1 is 1.21 bits per heavy atom. The van der Waals surface area contributed by atoms with Crippen molar-refractivity contribution in [3.63, 3.8) is 0 Å². The van der Waals surface area contributed by atoms with E-state index in [1.807, 2.05) is 54.4 Å². The lowest BCUT2D eigenvalue weighted by Gasteiger charge is -2.09. The predicted molar refractivity (Wildman–Crippen MR) is 110 cm³/mol. The average Bonchev–Trinajstić information content (AvgIpc) is 3.14. The summed E-state index contributed by atoms with van der Waals surface area (Å²) in [6, 6.07) is 7.73. The van der Waals surface area contributed by atoms with E-state index in [0.29, 0.717) is 12.3 Å². The predicted octanol–water partition coefficient (Wildman–Crippen LogP) is 3.62. The third-order valence-corrected chi connectivity index (χ3v) is 5.48. The zero-order chi connectivity index (χ0) is 20.3. The first-order chi connectivity index (χ1) is 13.3. The van der Waals surface area contributed by atoms with Crippen LogP contribution in [0.3, 0.4) is 0 Å². The number of anilines is 1. The number of aromatic nitrogens is 5. The number of nitrogens with zero attached hydrogens (tertiary/aromatic N) is 5. The third-order valence-electron chi connectivity index (χ3n) is 4.42. The van der Waals surface area contributed by atoms with E-state index in [1.165, 1.54) is 11.8 Å². The van der Waals surface area contributed by atoms with Crippen molar-refractivity contribution in [1.29, 1.82) is 0 Å². The Kier molecular flexibility index (Phi) is 6.18. The number of hydrogen-bond donors (Lipinski definition) is 1. The summed E-state index contributed by atoms with van der Waals surface area (Å²) in [5.41, 5.74) is 3.77. The molecule has 0 radical (unpaired) electrons. The van der Waals surface area contributed by atoms with Gasteiger partial charge in [-0.1, -0.05) is 13.8 Å². The topological polar surface area (TPSA) is 77.6 Å². The van der Waals surface area contributed by atoms with E-state index < -0.39 is 0 Å². The van der Waals surface area contributed by atoms with Gasteiger partial charge in [0.25, 0.3) is 0 Å². The quantitative estimate of drug-likeness (QED) is 0.658. The molecule has 0 aliphatic carbocycles. The second-order valence-electron chi connectivity index (χ2n) is 7.30. The molecule has 3 aromatic rings. The van der Waals surface area contributed by atoms with Gasteiger partial charge >= 0.3 is 0 Å². The van der Waals surface area contributed by atoms with E-state index in [9.17, 15) is 4.79 Å². The van der Waals surface area contributed by atoms with Gasteiger partial charge in [-0.15, -0.1) is 10.2 Å². The second-order valence-corrected chi connectivity index (χ2v) is 8.34. The van der Waals surface area contributed by atoms with Crippen LogP contribution in [0.1, 0.15) is 30.8 Å². The summed E-state index contributed by atoms with van der Waals surface area (Å²) >= 11 is 1.53. The monoisotopic (exact) mass is 398 g/mol. The van der Waals surface area contributed by atoms with Gasteiger partial charge in [0.15, 0.2) is 5.16 Å². The molecule has 0 unspecified atom stereocenters. The molecule has 0 fully saturated rings. The molecule has 2 heterocycles. The molecule has 0 saturated heterocycles. The first-order valence-corrected chi connectivity index (χ1v) is 10.1. The number of nitrogens with one attached hydrogen (secondary N) is 1. The summed E-state index contributed by atoms with van der Waals surface area (Å²) in [6.07, 6.45) is 2.00. The van der Waals surface area contributed by atoms with Crippen molar-refractivity contribution in [2.24, 2.45) is 13.0 Å². The van der Waals surface area contributed by atoms with Crippen molar-refractivity contribution in [2.75, 3.05) is 5.32 Å². The van der Waals surface area contributed by atoms with E-state index >= 15 is 0 Å². The molecule has 0 spiro atoms. The van der Waals surface area contributed by atoms with E-state index in [4.69, 9.17) is 0 Å². The van der Waals surface area contributed by atoms with Gasteiger partial charge in [0.05, 0.1) is 12.1 Å². The van der Waals surface area contributed by atoms with Crippen LogP contribution in [-0.2, 0) is 24.8 Å². The molecule has 8 heteroatoms. The molecule has 3 rings (SSSR count). The number of carbonyl (C=O) groups is 1. The van der Waals surface area contributed by atoms with E-state index in [0.717, 1.165) is 39.2 Å². The number of aryl methyl sites for hydroxylation is 2. The van der Waals surface area contributed by atoms with Crippen LogP contribution < -0.4 is 5.32 Å². The Hall–Kier alpha value is -2.61. The van der Waals surface area contributed by atoms with Crippen LogP contribution in [0.25, 0.3) is 0 Å². The summed E-state index contributed by atoms with van der Waals surface area (Å²) < 4.78 is 3.87. The summed E-state index contributed by atoms with van der Waals surface area (Å²) in [6.45, 7) is 9.18. The van der Waals surface area contributed by atoms with Crippen molar-refractivity contribution in [3.05, 3.63) is 47.5 Å². The smallest absolute Gasteiger partial charge is 0.228 e. The molecular weight excluding hydrogens is 372 g/mol. The van der Waals surface area contributed by atoms with Gasteiger partial charge in [-0.05, 0) is 55.8 Å². The van der Waals surface area contributed by atoms with Gasteiger partial charge < -0.3 is 9.88 Å². The van der Waals surface area contributed by atoms with Crippen LogP contribution in [0.15, 0.2) is 40.6 Å². The molecule has 1 aromatic carbocycles. The second kappa shape index (κ2) is 8.60. The maximum atomic E-state index is 12.5. The number of benzene rings is 1. The molecule has 0 atom stereocenters. The lowest BCUT2D eigenvalue weighted by molar-refractivity contribution is -0.115. The number of hydrogen-bond acceptors (Lipinski definition) is 5. The highest BCUT2D eigenvalue weighted by molar-refractivity contribution is 7.99. The minimum absolute atomic E-state index is 0.0380. The van der Waals surface area contributed by atoms with E-state index in [-0.39, 0.29) is 5.91 Å². The molecule has 1 amide bonds. The van der Waals surface area contributed by atoms with Gasteiger partial charge in [0.2, 0.25) is 5.91 Å². The molecule has 0 bridgehead atoms. The molecule has 0 aliphatic rings. The summed E-state index contributed by atoms with van der Waals surface area (Å²) in [5, 5.41) is 16.3. The van der Waals surface area contributed by atoms with Crippen LogP contribution in [0, 0.1) is 19.8 Å². The van der Waals surface area contributed by atoms with Crippen LogP contribution in [0.2, 0.25) is 0 Å². The van der Waals surface area contributed by atoms with Gasteiger partial charge in [0, 0.05) is 35.4 Å². The molecule has 148 valence electrons. The first kappa shape index (κ1) is 20.1. The molecule has 28 heavy (non-hydrogen) atoms. The van der Waals surface area contributed by atoms with E-state index in [1.54, 1.807) is 6.33 Å². The maximum absolute atomic E-state index is 12.5. The summed E-state index contributed by atoms with van der Waals surface area (Å²) in [7, 11) is 1.91. The van der Waals surface area contributed by atoms with Crippen LogP contribution >= 0.6 is 11.8 Å². The largest absolute Gasteiger partial charge is 0.326 e. The van der Waals surface area contributed by atoms with Gasteiger partial charge in [-0.3, -0.25) is 9.48 Å². The summed E-state index contributed by atoms with van der Waals surface area (Å²) in [5.74, 6) is 0.474. The standard InChI is InChI=1S/C20H26N6OS/c1-13(2)11-26-15(4)18(14(3)24-26)10-19(27)22-16-6-8-17(9-7-16)28-20-23-21-12-25(20)5/h6-9,12-13H,10-11H2,1-5H3,(H,22,27). The lowest BCUT2D eigenvalue weighted by Crippen LogP contribution is -2.15. The SMILES string of the molecule is Cc1nn(CC(C)C)c(C)c1CC(=O)Nc1ccc(Sc2nncn2C)cc1. The highest BCUT2D eigenvalue weighted by Crippen LogP contribution is 2.26. The Morgan fingerprint density at radius 3 is 2.54 bits per heavy atom. The molecule has 2 aromatic heterocycles. The minimum atomic E-state index is -0.0380. The highest BCUT2D eigenvalue weighted by Gasteiger charge is 2.16. The van der Waals surface area contributed by atoms with Crippen molar-refractivity contribution in [3.8, 4) is 0 Å². The van der Waals surface area contributed by atoms with Crippen molar-refractivity contribution < 1.29 is 4.79 Å². The van der Waals surface area contributed by atoms with E-state index in [2.05, 4.69) is 34.5 Å². The number of amides is 1. The zero-order valence-corrected chi connectivity index (χ0v) is 17.7. The van der Waals surface area contributed by atoms with Crippen LogP contribution in [-0.4, -0.2) is 30.5 Å². The minimum Gasteiger partial charge on any atom is -0.326 e. The number of carbonyl (C=O) groups excluding carboxylic acids is 1. The Morgan fingerprint density at radius 2 is 1.93 bits per heavy atom. The fourth-order valence-electron chi connectivity index (χ4n) is 2.96. The fraction of sp³-hybridized carbons (Fsp3) is 0.400. The first-order valence-electron chi connectivity index (χ1n) is 9.28. The lowest BCUT2D eigenvalue weighted by atomic mass is 10.1. The van der Waals surface area contributed by atoms with Gasteiger partial charge in [0.1, 0.15) is 6.33 Å². The van der Waals surface area contributed by atoms with Gasteiger partial charge in [-0.25, -0.2) is 0 Å². The van der Waals surface area contributed by atoms with Gasteiger partial charge in [-0.2, -0.15) is 5.10 Å². The molecule has 1 N–H and O–H groups in total. The average molecular weight is 399 g/mol. The maximum Gasteiger partial charge on any atom is 0.228 e. The number of rotatable bonds is 7. The highest BCUT2D eigenvalue weighted by atomic mass is 32.2. The third kappa shape index (κ3) is 4.81. The van der Waals surface area contributed by atoms with Crippen LogP contribution in [0.5, 0.6) is 0 Å². The molecule has 7 nitrogen and oxygen atoms in total. The fourth-order valence-corrected chi connectivity index (χ4v) is 3.72. The van der Waals surface area contributed by atoms with Crippen molar-refractivity contribution in [1.82, 2.24) is 24.5 Å². The molecule has 0 saturated carbocycles. The zero-order valence-electron chi connectivity index (χ0n) is 16.9. The van der Waals surface area contributed by atoms with Crippen LogP contribution in [0.4, 0.5) is 5.69 Å². The van der Waals surface area contributed by atoms with Crippen molar-refractivity contribution in [2.45, 2.75) is 50.7 Å². The molecule has 0 aliphatic heterocycles. The summed E-state index contributed by atoms with van der Waals surface area (Å²) in [4.78, 5) is 13.6. The normalized spacial score (nSPS) is 11.2. The Balaban J connectivity index is 1.62. The van der Waals surface area contributed by atoms with Crippen molar-refractivity contribution >= 4 is 23.4 Å². The molecular formula is C20H26N6OS. The Bertz CT molecular complexity index is 958.